The van der Waals surface area contributed by atoms with Crippen LogP contribution in [0.5, 0.6) is 0 Å². The van der Waals surface area contributed by atoms with E-state index in [4.69, 9.17) is 0 Å². The molecule has 4 aromatic rings. The maximum absolute atomic E-state index is 13.2. The van der Waals surface area contributed by atoms with Crippen LogP contribution in [0.4, 0.5) is 4.39 Å². The van der Waals surface area contributed by atoms with E-state index in [0.29, 0.717) is 11.4 Å². The fourth-order valence-electron chi connectivity index (χ4n) is 2.80. The number of carbonyl (C=O) groups is 1. The van der Waals surface area contributed by atoms with E-state index in [-0.39, 0.29) is 11.7 Å². The number of aromatic nitrogens is 4. The Morgan fingerprint density at radius 2 is 2.11 bits per heavy atom. The van der Waals surface area contributed by atoms with Crippen molar-refractivity contribution in [3.05, 3.63) is 59.1 Å². The van der Waals surface area contributed by atoms with Crippen LogP contribution in [0, 0.1) is 12.7 Å². The van der Waals surface area contributed by atoms with Gasteiger partial charge in [0.1, 0.15) is 10.6 Å². The quantitative estimate of drug-likeness (QED) is 0.384. The van der Waals surface area contributed by atoms with Crippen molar-refractivity contribution >= 4 is 39.2 Å². The summed E-state index contributed by atoms with van der Waals surface area (Å²) in [6.07, 6.45) is 3.65. The van der Waals surface area contributed by atoms with Crippen LogP contribution in [0.25, 0.3) is 15.9 Å². The van der Waals surface area contributed by atoms with Crippen molar-refractivity contribution in [2.75, 3.05) is 12.3 Å². The molecule has 6 nitrogen and oxygen atoms in total. The summed E-state index contributed by atoms with van der Waals surface area (Å²) in [5, 5.41) is 9.33. The highest BCUT2D eigenvalue weighted by atomic mass is 32.2. The fourth-order valence-corrected chi connectivity index (χ4v) is 4.69. The molecule has 0 radical (unpaired) electrons. The van der Waals surface area contributed by atoms with Crippen LogP contribution in [0.2, 0.25) is 0 Å². The van der Waals surface area contributed by atoms with Gasteiger partial charge in [-0.05, 0) is 37.3 Å². The van der Waals surface area contributed by atoms with E-state index in [1.54, 1.807) is 34.8 Å². The molecule has 0 saturated carbocycles. The molecular formula is C19H18FN5OS2. The Bertz CT molecular complexity index is 1130. The molecule has 0 aliphatic rings. The molecule has 9 heteroatoms. The zero-order valence-electron chi connectivity index (χ0n) is 15.3. The zero-order valence-corrected chi connectivity index (χ0v) is 17.0. The first-order valence-corrected chi connectivity index (χ1v) is 10.5. The van der Waals surface area contributed by atoms with Crippen LogP contribution in [-0.4, -0.2) is 37.5 Å². The van der Waals surface area contributed by atoms with Gasteiger partial charge >= 0.3 is 0 Å². The molecule has 1 amide bonds. The van der Waals surface area contributed by atoms with E-state index in [2.05, 4.69) is 15.4 Å². The number of nitrogens with zero attached hydrogens (tertiary/aromatic N) is 4. The average molecular weight is 416 g/mol. The van der Waals surface area contributed by atoms with E-state index in [0.717, 1.165) is 32.5 Å². The van der Waals surface area contributed by atoms with Gasteiger partial charge in [0, 0.05) is 37.1 Å². The van der Waals surface area contributed by atoms with Crippen LogP contribution < -0.4 is 5.32 Å². The van der Waals surface area contributed by atoms with Crippen molar-refractivity contribution in [1.82, 2.24) is 24.6 Å². The molecule has 3 heterocycles. The maximum Gasteiger partial charge on any atom is 0.261 e. The van der Waals surface area contributed by atoms with Crippen molar-refractivity contribution < 1.29 is 9.18 Å². The molecule has 0 aliphatic carbocycles. The molecule has 0 fully saturated rings. The monoisotopic (exact) mass is 415 g/mol. The summed E-state index contributed by atoms with van der Waals surface area (Å²) in [5.74, 6) is 0.342. The lowest BCUT2D eigenvalue weighted by Crippen LogP contribution is -2.24. The number of thioether (sulfide) groups is 1. The number of hydrogen-bond donors (Lipinski definition) is 1. The van der Waals surface area contributed by atoms with E-state index >= 15 is 0 Å². The summed E-state index contributed by atoms with van der Waals surface area (Å²) in [4.78, 5) is 18.3. The highest BCUT2D eigenvalue weighted by Gasteiger charge is 2.17. The Hall–Kier alpha value is -2.65. The van der Waals surface area contributed by atoms with E-state index in [9.17, 15) is 9.18 Å². The molecule has 4 rings (SSSR count). The van der Waals surface area contributed by atoms with Gasteiger partial charge in [0.15, 0.2) is 5.16 Å². The minimum absolute atomic E-state index is 0.105. The third-order valence-corrected chi connectivity index (χ3v) is 6.40. The molecule has 0 atom stereocenters. The van der Waals surface area contributed by atoms with Gasteiger partial charge in [-0.25, -0.2) is 14.1 Å². The van der Waals surface area contributed by atoms with E-state index in [1.165, 1.54) is 23.5 Å². The normalized spacial score (nSPS) is 11.2. The standard InChI is InChI=1S/C19H18FN5OS2/c1-12-15-11-16(17(26)21-8-10-27-19-22-7-9-24(19)2)28-18(15)25(23-12)14-5-3-13(20)4-6-14/h3-7,9,11H,8,10H2,1-2H3,(H,21,26). The first-order chi connectivity index (χ1) is 13.5. The number of nitrogens with one attached hydrogen (secondary N) is 1. The highest BCUT2D eigenvalue weighted by Crippen LogP contribution is 2.30. The number of carbonyl (C=O) groups excluding carboxylic acids is 1. The fraction of sp³-hybridized carbons (Fsp3) is 0.211. The minimum Gasteiger partial charge on any atom is -0.350 e. The number of aryl methyl sites for hydroxylation is 2. The second-order valence-electron chi connectivity index (χ2n) is 6.23. The number of imidazole rings is 1. The van der Waals surface area contributed by atoms with Crippen LogP contribution in [0.15, 0.2) is 47.9 Å². The Morgan fingerprint density at radius 3 is 2.82 bits per heavy atom. The second-order valence-corrected chi connectivity index (χ2v) is 8.32. The number of fused-ring (bicyclic) bond motifs is 1. The minimum atomic E-state index is -0.293. The topological polar surface area (TPSA) is 64.7 Å². The van der Waals surface area contributed by atoms with Crippen molar-refractivity contribution in [3.63, 3.8) is 0 Å². The van der Waals surface area contributed by atoms with Gasteiger partial charge < -0.3 is 9.88 Å². The lowest BCUT2D eigenvalue weighted by atomic mass is 10.3. The molecule has 1 N–H and O–H groups in total. The average Bonchev–Trinajstić information content (AvgIpc) is 3.37. The lowest BCUT2D eigenvalue weighted by Gasteiger charge is -2.04. The molecule has 0 bridgehead atoms. The van der Waals surface area contributed by atoms with Crippen LogP contribution >= 0.6 is 23.1 Å². The van der Waals surface area contributed by atoms with E-state index < -0.39 is 0 Å². The molecular weight excluding hydrogens is 397 g/mol. The number of thiophene rings is 1. The van der Waals surface area contributed by atoms with Gasteiger partial charge in [-0.3, -0.25) is 4.79 Å². The summed E-state index contributed by atoms with van der Waals surface area (Å²) in [5.41, 5.74) is 1.60. The van der Waals surface area contributed by atoms with Gasteiger partial charge in [0.25, 0.3) is 5.91 Å². The molecule has 3 aromatic heterocycles. The summed E-state index contributed by atoms with van der Waals surface area (Å²) < 4.78 is 16.9. The van der Waals surface area contributed by atoms with Crippen molar-refractivity contribution in [1.29, 1.82) is 0 Å². The molecule has 28 heavy (non-hydrogen) atoms. The van der Waals surface area contributed by atoms with Crippen LogP contribution in [0.3, 0.4) is 0 Å². The predicted molar refractivity (Wildman–Crippen MR) is 110 cm³/mol. The summed E-state index contributed by atoms with van der Waals surface area (Å²) in [6, 6.07) is 8.02. The SMILES string of the molecule is Cc1nn(-c2ccc(F)cc2)c2sc(C(=O)NCCSc3nccn3C)cc12. The zero-order chi connectivity index (χ0) is 19.7. The number of halogens is 1. The largest absolute Gasteiger partial charge is 0.350 e. The second kappa shape index (κ2) is 7.76. The predicted octanol–water partition coefficient (Wildman–Crippen LogP) is 3.79. The highest BCUT2D eigenvalue weighted by molar-refractivity contribution is 7.99. The van der Waals surface area contributed by atoms with Crippen molar-refractivity contribution in [2.45, 2.75) is 12.1 Å². The number of benzene rings is 1. The van der Waals surface area contributed by atoms with Crippen molar-refractivity contribution in [2.24, 2.45) is 7.05 Å². The summed E-state index contributed by atoms with van der Waals surface area (Å²) in [6.45, 7) is 2.45. The van der Waals surface area contributed by atoms with Gasteiger partial charge in [0.2, 0.25) is 0 Å². The Morgan fingerprint density at radius 1 is 1.32 bits per heavy atom. The van der Waals surface area contributed by atoms with E-state index in [1.807, 2.05) is 30.8 Å². The number of hydrogen-bond acceptors (Lipinski definition) is 5. The smallest absolute Gasteiger partial charge is 0.261 e. The molecule has 144 valence electrons. The van der Waals surface area contributed by atoms with Crippen LogP contribution in [-0.2, 0) is 7.05 Å². The summed E-state index contributed by atoms with van der Waals surface area (Å²) >= 11 is 2.98. The molecule has 0 spiro atoms. The van der Waals surface area contributed by atoms with Gasteiger partial charge in [-0.1, -0.05) is 11.8 Å². The number of amides is 1. The van der Waals surface area contributed by atoms with Gasteiger partial charge in [0.05, 0.1) is 16.3 Å². The van der Waals surface area contributed by atoms with Gasteiger partial charge in [-0.2, -0.15) is 5.10 Å². The first-order valence-electron chi connectivity index (χ1n) is 8.66. The Balaban J connectivity index is 1.46. The lowest BCUT2D eigenvalue weighted by molar-refractivity contribution is 0.0960. The molecule has 0 aliphatic heterocycles. The first kappa shape index (κ1) is 18.7. The third kappa shape index (κ3) is 3.67. The number of rotatable bonds is 6. The van der Waals surface area contributed by atoms with Crippen LogP contribution in [0.1, 0.15) is 15.4 Å². The third-order valence-electron chi connectivity index (χ3n) is 4.24. The van der Waals surface area contributed by atoms with Gasteiger partial charge in [-0.15, -0.1) is 11.3 Å². The molecule has 0 saturated heterocycles. The Kier molecular flexibility index (Phi) is 5.19. The molecule has 1 aromatic carbocycles. The summed E-state index contributed by atoms with van der Waals surface area (Å²) in [7, 11) is 1.94. The maximum atomic E-state index is 13.2. The Labute approximate surface area is 169 Å². The molecule has 0 unspecified atom stereocenters. The van der Waals surface area contributed by atoms with Crippen molar-refractivity contribution in [3.8, 4) is 5.69 Å².